The van der Waals surface area contributed by atoms with E-state index in [-0.39, 0.29) is 11.6 Å². The zero-order valence-electron chi connectivity index (χ0n) is 8.64. The predicted molar refractivity (Wildman–Crippen MR) is 57.8 cm³/mol. The van der Waals surface area contributed by atoms with Crippen LogP contribution in [-0.2, 0) is 0 Å². The smallest absolute Gasteiger partial charge is 0.134 e. The van der Waals surface area contributed by atoms with Gasteiger partial charge in [-0.2, -0.15) is 0 Å². The second-order valence-corrected chi connectivity index (χ2v) is 3.28. The standard InChI is InChI=1S/C12H10FNO2/c1-16-10-2-3-12(13)11(5-10)8-4-9(15)7-14-6-8/h2-7,15H,1H3. The van der Waals surface area contributed by atoms with E-state index in [1.165, 1.54) is 37.7 Å². The summed E-state index contributed by atoms with van der Waals surface area (Å²) in [4.78, 5) is 3.80. The summed E-state index contributed by atoms with van der Waals surface area (Å²) in [5.74, 6) is 0.174. The third-order valence-corrected chi connectivity index (χ3v) is 2.21. The third kappa shape index (κ3) is 1.95. The Morgan fingerprint density at radius 2 is 2.06 bits per heavy atom. The molecule has 1 aromatic carbocycles. The average molecular weight is 219 g/mol. The molecule has 0 atom stereocenters. The van der Waals surface area contributed by atoms with Crippen LogP contribution in [0, 0.1) is 5.82 Å². The normalized spacial score (nSPS) is 10.1. The number of rotatable bonds is 2. The lowest BCUT2D eigenvalue weighted by Gasteiger charge is -2.06. The summed E-state index contributed by atoms with van der Waals surface area (Å²) in [6.07, 6.45) is 2.78. The van der Waals surface area contributed by atoms with Crippen LogP contribution in [0.1, 0.15) is 0 Å². The molecule has 3 nitrogen and oxygen atoms in total. The number of halogens is 1. The van der Waals surface area contributed by atoms with Crippen LogP contribution in [-0.4, -0.2) is 17.2 Å². The fourth-order valence-corrected chi connectivity index (χ4v) is 1.43. The average Bonchev–Trinajstić information content (AvgIpc) is 2.30. The van der Waals surface area contributed by atoms with Crippen LogP contribution < -0.4 is 4.74 Å². The Labute approximate surface area is 92.1 Å². The Kier molecular flexibility index (Phi) is 2.72. The molecule has 0 aliphatic heterocycles. The molecule has 0 amide bonds. The second kappa shape index (κ2) is 4.18. The number of aromatic hydroxyl groups is 1. The molecular formula is C12H10FNO2. The molecule has 2 rings (SSSR count). The van der Waals surface area contributed by atoms with Gasteiger partial charge in [0.05, 0.1) is 13.3 Å². The summed E-state index contributed by atoms with van der Waals surface area (Å²) in [5, 5.41) is 9.28. The first-order valence-electron chi connectivity index (χ1n) is 4.68. The number of hydrogen-bond donors (Lipinski definition) is 1. The zero-order chi connectivity index (χ0) is 11.5. The van der Waals surface area contributed by atoms with Gasteiger partial charge in [0.2, 0.25) is 0 Å². The monoisotopic (exact) mass is 219 g/mol. The van der Waals surface area contributed by atoms with Crippen molar-refractivity contribution in [1.82, 2.24) is 4.98 Å². The van der Waals surface area contributed by atoms with Crippen LogP contribution in [0.3, 0.4) is 0 Å². The first kappa shape index (κ1) is 10.4. The van der Waals surface area contributed by atoms with Crippen LogP contribution in [0.2, 0.25) is 0 Å². The van der Waals surface area contributed by atoms with Crippen molar-refractivity contribution in [3.8, 4) is 22.6 Å². The number of pyridine rings is 1. The van der Waals surface area contributed by atoms with Crippen molar-refractivity contribution in [2.75, 3.05) is 7.11 Å². The topological polar surface area (TPSA) is 42.4 Å². The molecule has 0 saturated heterocycles. The number of methoxy groups -OCH3 is 1. The highest BCUT2D eigenvalue weighted by molar-refractivity contribution is 5.66. The zero-order valence-corrected chi connectivity index (χ0v) is 8.64. The Morgan fingerprint density at radius 1 is 1.25 bits per heavy atom. The van der Waals surface area contributed by atoms with Gasteiger partial charge >= 0.3 is 0 Å². The van der Waals surface area contributed by atoms with Crippen molar-refractivity contribution >= 4 is 0 Å². The highest BCUT2D eigenvalue weighted by Gasteiger charge is 2.07. The van der Waals surface area contributed by atoms with Crippen LogP contribution in [0.25, 0.3) is 11.1 Å². The molecule has 0 radical (unpaired) electrons. The van der Waals surface area contributed by atoms with Gasteiger partial charge in [-0.25, -0.2) is 4.39 Å². The van der Waals surface area contributed by atoms with E-state index in [9.17, 15) is 9.50 Å². The lowest BCUT2D eigenvalue weighted by atomic mass is 10.1. The number of ether oxygens (including phenoxy) is 1. The number of benzene rings is 1. The Morgan fingerprint density at radius 3 is 2.75 bits per heavy atom. The summed E-state index contributed by atoms with van der Waals surface area (Å²) in [6.45, 7) is 0. The molecule has 1 aromatic heterocycles. The fraction of sp³-hybridized carbons (Fsp3) is 0.0833. The maximum absolute atomic E-state index is 13.6. The molecule has 16 heavy (non-hydrogen) atoms. The van der Waals surface area contributed by atoms with Gasteiger partial charge in [0, 0.05) is 17.3 Å². The quantitative estimate of drug-likeness (QED) is 0.844. The maximum atomic E-state index is 13.6. The SMILES string of the molecule is COc1ccc(F)c(-c2cncc(O)c2)c1. The molecule has 1 N–H and O–H groups in total. The van der Waals surface area contributed by atoms with Gasteiger partial charge in [0.1, 0.15) is 17.3 Å². The minimum atomic E-state index is -0.381. The van der Waals surface area contributed by atoms with Crippen molar-refractivity contribution in [1.29, 1.82) is 0 Å². The van der Waals surface area contributed by atoms with E-state index in [4.69, 9.17) is 4.74 Å². The first-order valence-corrected chi connectivity index (χ1v) is 4.68. The lowest BCUT2D eigenvalue weighted by molar-refractivity contribution is 0.414. The summed E-state index contributed by atoms with van der Waals surface area (Å²) < 4.78 is 18.6. The molecule has 82 valence electrons. The van der Waals surface area contributed by atoms with E-state index in [0.29, 0.717) is 16.9 Å². The molecule has 0 aliphatic rings. The minimum Gasteiger partial charge on any atom is -0.506 e. The van der Waals surface area contributed by atoms with Crippen LogP contribution in [0.15, 0.2) is 36.7 Å². The summed E-state index contributed by atoms with van der Waals surface area (Å²) in [6, 6.07) is 5.86. The van der Waals surface area contributed by atoms with Gasteiger partial charge in [0.15, 0.2) is 0 Å². The van der Waals surface area contributed by atoms with Crippen molar-refractivity contribution in [2.24, 2.45) is 0 Å². The van der Waals surface area contributed by atoms with Crippen LogP contribution in [0.4, 0.5) is 4.39 Å². The summed E-state index contributed by atoms with van der Waals surface area (Å²) >= 11 is 0. The Hall–Kier alpha value is -2.10. The van der Waals surface area contributed by atoms with E-state index >= 15 is 0 Å². The van der Waals surface area contributed by atoms with Gasteiger partial charge < -0.3 is 9.84 Å². The minimum absolute atomic E-state index is 0.000259. The van der Waals surface area contributed by atoms with E-state index in [1.54, 1.807) is 6.07 Å². The fourth-order valence-electron chi connectivity index (χ4n) is 1.43. The van der Waals surface area contributed by atoms with Crippen LogP contribution in [0.5, 0.6) is 11.5 Å². The molecule has 0 aliphatic carbocycles. The maximum Gasteiger partial charge on any atom is 0.134 e. The highest BCUT2D eigenvalue weighted by Crippen LogP contribution is 2.28. The molecule has 0 unspecified atom stereocenters. The van der Waals surface area contributed by atoms with E-state index in [2.05, 4.69) is 4.98 Å². The molecule has 0 saturated carbocycles. The summed E-state index contributed by atoms with van der Waals surface area (Å²) in [5.41, 5.74) is 0.860. The van der Waals surface area contributed by atoms with E-state index < -0.39 is 0 Å². The van der Waals surface area contributed by atoms with Crippen molar-refractivity contribution in [3.05, 3.63) is 42.5 Å². The lowest BCUT2D eigenvalue weighted by Crippen LogP contribution is -1.88. The van der Waals surface area contributed by atoms with Crippen LogP contribution >= 0.6 is 0 Å². The van der Waals surface area contributed by atoms with Crippen molar-refractivity contribution in [3.63, 3.8) is 0 Å². The van der Waals surface area contributed by atoms with Crippen molar-refractivity contribution < 1.29 is 14.2 Å². The van der Waals surface area contributed by atoms with E-state index in [0.717, 1.165) is 0 Å². The van der Waals surface area contributed by atoms with Gasteiger partial charge in [0.25, 0.3) is 0 Å². The van der Waals surface area contributed by atoms with Gasteiger partial charge in [-0.05, 0) is 24.3 Å². The summed E-state index contributed by atoms with van der Waals surface area (Å²) in [7, 11) is 1.51. The predicted octanol–water partition coefficient (Wildman–Crippen LogP) is 2.60. The Balaban J connectivity index is 2.54. The molecule has 4 heteroatoms. The molecular weight excluding hydrogens is 209 g/mol. The molecule has 0 fully saturated rings. The number of hydrogen-bond acceptors (Lipinski definition) is 3. The van der Waals surface area contributed by atoms with Gasteiger partial charge in [-0.3, -0.25) is 4.98 Å². The largest absolute Gasteiger partial charge is 0.506 e. The highest BCUT2D eigenvalue weighted by atomic mass is 19.1. The molecule has 2 aromatic rings. The van der Waals surface area contributed by atoms with Gasteiger partial charge in [-0.15, -0.1) is 0 Å². The van der Waals surface area contributed by atoms with E-state index in [1.807, 2.05) is 0 Å². The van der Waals surface area contributed by atoms with Gasteiger partial charge in [-0.1, -0.05) is 0 Å². The molecule has 0 spiro atoms. The second-order valence-electron chi connectivity index (χ2n) is 3.28. The molecule has 1 heterocycles. The third-order valence-electron chi connectivity index (χ3n) is 2.21. The Bertz CT molecular complexity index is 514. The number of aromatic nitrogens is 1. The van der Waals surface area contributed by atoms with Crippen molar-refractivity contribution in [2.45, 2.75) is 0 Å². The number of nitrogens with zero attached hydrogens (tertiary/aromatic N) is 1. The molecule has 0 bridgehead atoms. The first-order chi connectivity index (χ1) is 7.70.